The van der Waals surface area contributed by atoms with Gasteiger partial charge in [0.25, 0.3) is 0 Å². The number of carbonyl (C=O) groups is 1. The van der Waals surface area contributed by atoms with Crippen molar-refractivity contribution in [3.8, 4) is 0 Å². The summed E-state index contributed by atoms with van der Waals surface area (Å²) in [6.07, 6.45) is 4.17. The van der Waals surface area contributed by atoms with Crippen LogP contribution in [0.2, 0.25) is 0 Å². The van der Waals surface area contributed by atoms with Crippen LogP contribution >= 0.6 is 0 Å². The summed E-state index contributed by atoms with van der Waals surface area (Å²) in [5.41, 5.74) is 5.14. The van der Waals surface area contributed by atoms with E-state index in [1.807, 2.05) is 12.1 Å². The predicted octanol–water partition coefficient (Wildman–Crippen LogP) is 6.16. The Kier molecular flexibility index (Phi) is 6.94. The molecular formula is C29H36O4. The minimum Gasteiger partial charge on any atom is -0.487 e. The SMILES string of the molecule is CC(=O)OCc1cccc2c1C1=C(CC(C(C)CCCc3ccccc3)C(O)C1)OC2(C)C. The van der Waals surface area contributed by atoms with Crippen LogP contribution in [0.1, 0.15) is 75.6 Å². The van der Waals surface area contributed by atoms with Crippen molar-refractivity contribution >= 4 is 11.5 Å². The lowest BCUT2D eigenvalue weighted by Gasteiger charge is -2.43. The van der Waals surface area contributed by atoms with Gasteiger partial charge in [0, 0.05) is 30.9 Å². The van der Waals surface area contributed by atoms with Crippen molar-refractivity contribution in [2.75, 3.05) is 0 Å². The number of fused-ring (bicyclic) bond motifs is 2. The molecule has 4 rings (SSSR count). The van der Waals surface area contributed by atoms with Crippen molar-refractivity contribution in [1.82, 2.24) is 0 Å². The topological polar surface area (TPSA) is 55.8 Å². The first kappa shape index (κ1) is 23.6. The fourth-order valence-electron chi connectivity index (χ4n) is 5.48. The van der Waals surface area contributed by atoms with Crippen LogP contribution in [0.15, 0.2) is 54.3 Å². The van der Waals surface area contributed by atoms with Gasteiger partial charge in [-0.1, -0.05) is 61.9 Å². The Balaban J connectivity index is 1.54. The molecule has 3 atom stereocenters. The molecule has 2 aliphatic rings. The summed E-state index contributed by atoms with van der Waals surface area (Å²) in [4.78, 5) is 11.4. The second-order valence-corrected chi connectivity index (χ2v) is 10.1. The fraction of sp³-hybridized carbons (Fsp3) is 0.483. The normalized spacial score (nSPS) is 22.1. The molecule has 0 radical (unpaired) electrons. The van der Waals surface area contributed by atoms with Gasteiger partial charge in [-0.15, -0.1) is 0 Å². The highest BCUT2D eigenvalue weighted by molar-refractivity contribution is 5.76. The van der Waals surface area contributed by atoms with Gasteiger partial charge in [-0.3, -0.25) is 4.79 Å². The van der Waals surface area contributed by atoms with Gasteiger partial charge < -0.3 is 14.6 Å². The van der Waals surface area contributed by atoms with Gasteiger partial charge in [0.15, 0.2) is 0 Å². The average Bonchev–Trinajstić information content (AvgIpc) is 2.78. The first-order valence-electron chi connectivity index (χ1n) is 12.2. The van der Waals surface area contributed by atoms with Crippen LogP contribution in [0.3, 0.4) is 0 Å². The van der Waals surface area contributed by atoms with E-state index >= 15 is 0 Å². The van der Waals surface area contributed by atoms with E-state index in [9.17, 15) is 9.90 Å². The number of ether oxygens (including phenoxy) is 2. The molecule has 0 fully saturated rings. The Labute approximate surface area is 197 Å². The maximum absolute atomic E-state index is 11.4. The van der Waals surface area contributed by atoms with E-state index in [4.69, 9.17) is 9.47 Å². The van der Waals surface area contributed by atoms with Crippen molar-refractivity contribution in [2.24, 2.45) is 11.8 Å². The molecule has 0 saturated carbocycles. The summed E-state index contributed by atoms with van der Waals surface area (Å²) in [5, 5.41) is 11.2. The molecule has 1 aliphatic heterocycles. The molecule has 4 nitrogen and oxygen atoms in total. The smallest absolute Gasteiger partial charge is 0.302 e. The average molecular weight is 449 g/mol. The van der Waals surface area contributed by atoms with Crippen LogP contribution in [-0.4, -0.2) is 17.2 Å². The lowest BCUT2D eigenvalue weighted by Crippen LogP contribution is -2.37. The molecule has 1 aliphatic carbocycles. The molecule has 33 heavy (non-hydrogen) atoms. The zero-order valence-electron chi connectivity index (χ0n) is 20.3. The van der Waals surface area contributed by atoms with E-state index in [-0.39, 0.29) is 18.5 Å². The van der Waals surface area contributed by atoms with E-state index in [0.29, 0.717) is 12.3 Å². The number of aryl methyl sites for hydroxylation is 1. The van der Waals surface area contributed by atoms with Crippen LogP contribution in [0.4, 0.5) is 0 Å². The highest BCUT2D eigenvalue weighted by atomic mass is 16.5. The van der Waals surface area contributed by atoms with Gasteiger partial charge in [0.1, 0.15) is 18.0 Å². The van der Waals surface area contributed by atoms with Gasteiger partial charge in [-0.25, -0.2) is 0 Å². The quantitative estimate of drug-likeness (QED) is 0.516. The number of allylic oxidation sites excluding steroid dienone is 1. The third-order valence-electron chi connectivity index (χ3n) is 7.27. The van der Waals surface area contributed by atoms with Crippen molar-refractivity contribution in [1.29, 1.82) is 0 Å². The molecule has 0 spiro atoms. The zero-order chi connectivity index (χ0) is 23.6. The zero-order valence-corrected chi connectivity index (χ0v) is 20.3. The molecule has 3 unspecified atom stereocenters. The highest BCUT2D eigenvalue weighted by Crippen LogP contribution is 2.49. The summed E-state index contributed by atoms with van der Waals surface area (Å²) in [6, 6.07) is 16.7. The molecule has 2 aromatic rings. The number of aliphatic hydroxyl groups is 1. The molecule has 0 amide bonds. The second kappa shape index (κ2) is 9.72. The molecule has 0 aromatic heterocycles. The van der Waals surface area contributed by atoms with E-state index in [1.165, 1.54) is 12.5 Å². The first-order chi connectivity index (χ1) is 15.8. The van der Waals surface area contributed by atoms with Crippen molar-refractivity contribution in [3.63, 3.8) is 0 Å². The standard InChI is InChI=1S/C29H36O4/c1-19(10-8-13-21-11-6-5-7-12-21)23-17-27-24(16-26(23)31)28-22(18-32-20(2)30)14-9-15-25(28)29(3,4)33-27/h5-7,9,11-12,14-15,19,23,26,31H,8,10,13,16-18H2,1-4H3. The second-order valence-electron chi connectivity index (χ2n) is 10.1. The number of hydrogen-bond acceptors (Lipinski definition) is 4. The van der Waals surface area contributed by atoms with Crippen molar-refractivity contribution in [3.05, 3.63) is 76.5 Å². The first-order valence-corrected chi connectivity index (χ1v) is 12.2. The summed E-state index contributed by atoms with van der Waals surface area (Å²) >= 11 is 0. The van der Waals surface area contributed by atoms with Crippen LogP contribution in [0.25, 0.3) is 5.57 Å². The monoisotopic (exact) mass is 448 g/mol. The molecular weight excluding hydrogens is 412 g/mol. The van der Waals surface area contributed by atoms with Gasteiger partial charge in [0.2, 0.25) is 0 Å². The van der Waals surface area contributed by atoms with Gasteiger partial charge in [0.05, 0.1) is 6.10 Å². The fourth-order valence-corrected chi connectivity index (χ4v) is 5.48. The van der Waals surface area contributed by atoms with Crippen molar-refractivity contribution in [2.45, 2.75) is 78.1 Å². The minimum absolute atomic E-state index is 0.178. The van der Waals surface area contributed by atoms with E-state index in [1.54, 1.807) is 0 Å². The van der Waals surface area contributed by atoms with E-state index < -0.39 is 11.7 Å². The van der Waals surface area contributed by atoms with Crippen molar-refractivity contribution < 1.29 is 19.4 Å². The lowest BCUT2D eigenvalue weighted by molar-refractivity contribution is -0.142. The molecule has 0 bridgehead atoms. The van der Waals surface area contributed by atoms with E-state index in [0.717, 1.165) is 53.7 Å². The maximum atomic E-state index is 11.4. The summed E-state index contributed by atoms with van der Waals surface area (Å²) in [7, 11) is 0. The molecule has 2 aromatic carbocycles. The highest BCUT2D eigenvalue weighted by Gasteiger charge is 2.41. The van der Waals surface area contributed by atoms with Gasteiger partial charge >= 0.3 is 5.97 Å². The minimum atomic E-state index is -0.468. The Morgan fingerprint density at radius 3 is 2.64 bits per heavy atom. The van der Waals surface area contributed by atoms with Crippen LogP contribution in [0, 0.1) is 11.8 Å². The number of benzene rings is 2. The Morgan fingerprint density at radius 2 is 1.91 bits per heavy atom. The number of rotatable bonds is 7. The lowest BCUT2D eigenvalue weighted by atomic mass is 9.72. The summed E-state index contributed by atoms with van der Waals surface area (Å²) in [6.45, 7) is 8.11. The van der Waals surface area contributed by atoms with E-state index in [2.05, 4.69) is 57.2 Å². The van der Waals surface area contributed by atoms with Gasteiger partial charge in [-0.05, 0) is 55.2 Å². The number of aliphatic hydroxyl groups excluding tert-OH is 1. The third-order valence-corrected chi connectivity index (χ3v) is 7.27. The number of carbonyl (C=O) groups excluding carboxylic acids is 1. The Bertz CT molecular complexity index is 1020. The third kappa shape index (κ3) is 5.16. The molecule has 4 heteroatoms. The van der Waals surface area contributed by atoms with Crippen LogP contribution in [0.5, 0.6) is 0 Å². The predicted molar refractivity (Wildman–Crippen MR) is 130 cm³/mol. The van der Waals surface area contributed by atoms with Crippen LogP contribution in [-0.2, 0) is 32.9 Å². The van der Waals surface area contributed by atoms with Crippen LogP contribution < -0.4 is 0 Å². The number of esters is 1. The van der Waals surface area contributed by atoms with Gasteiger partial charge in [-0.2, -0.15) is 0 Å². The number of hydrogen-bond donors (Lipinski definition) is 1. The summed E-state index contributed by atoms with van der Waals surface area (Å²) < 4.78 is 11.9. The maximum Gasteiger partial charge on any atom is 0.302 e. The summed E-state index contributed by atoms with van der Waals surface area (Å²) in [5.74, 6) is 1.29. The molecule has 0 saturated heterocycles. The molecule has 176 valence electrons. The molecule has 1 N–H and O–H groups in total. The Hall–Kier alpha value is -2.59. The molecule has 1 heterocycles. The Morgan fingerprint density at radius 1 is 1.15 bits per heavy atom. The largest absolute Gasteiger partial charge is 0.487 e.